The largest absolute Gasteiger partial charge is 0.380 e. The molecule has 0 aliphatic carbocycles. The van der Waals surface area contributed by atoms with Gasteiger partial charge in [-0.15, -0.1) is 0 Å². The van der Waals surface area contributed by atoms with Gasteiger partial charge in [0.1, 0.15) is 5.82 Å². The zero-order chi connectivity index (χ0) is 13.8. The number of halogens is 1. The third-order valence-electron chi connectivity index (χ3n) is 3.45. The molecule has 1 aliphatic rings. The molecular formula is C14H19FN2O2. The fraction of sp³-hybridized carbons (Fsp3) is 0.500. The van der Waals surface area contributed by atoms with Crippen molar-refractivity contribution in [3.8, 4) is 0 Å². The third kappa shape index (κ3) is 3.52. The van der Waals surface area contributed by atoms with Crippen LogP contribution in [0.4, 0.5) is 4.39 Å². The Morgan fingerprint density at radius 3 is 3.00 bits per heavy atom. The lowest BCUT2D eigenvalue weighted by Crippen LogP contribution is -2.41. The second-order valence-electron chi connectivity index (χ2n) is 4.84. The van der Waals surface area contributed by atoms with Crippen LogP contribution >= 0.6 is 0 Å². The summed E-state index contributed by atoms with van der Waals surface area (Å²) in [6, 6.07) is 5.81. The molecule has 1 saturated heterocycles. The number of rotatable bonds is 4. The van der Waals surface area contributed by atoms with E-state index in [0.29, 0.717) is 13.0 Å². The second kappa shape index (κ2) is 6.12. The first-order valence-corrected chi connectivity index (χ1v) is 6.42. The van der Waals surface area contributed by atoms with Crippen LogP contribution in [0.2, 0.25) is 0 Å². The molecule has 1 aliphatic heterocycles. The highest BCUT2D eigenvalue weighted by atomic mass is 19.1. The molecule has 0 aromatic heterocycles. The first-order valence-electron chi connectivity index (χ1n) is 6.42. The fourth-order valence-electron chi connectivity index (χ4n) is 2.26. The summed E-state index contributed by atoms with van der Waals surface area (Å²) in [6.45, 7) is 2.53. The van der Waals surface area contributed by atoms with Crippen molar-refractivity contribution in [2.45, 2.75) is 31.5 Å². The van der Waals surface area contributed by atoms with Crippen LogP contribution in [0.3, 0.4) is 0 Å². The molecule has 2 unspecified atom stereocenters. The van der Waals surface area contributed by atoms with Crippen molar-refractivity contribution in [2.75, 3.05) is 13.7 Å². The minimum Gasteiger partial charge on any atom is -0.380 e. The molecule has 104 valence electrons. The number of benzene rings is 1. The highest BCUT2D eigenvalue weighted by molar-refractivity contribution is 5.82. The molecule has 0 saturated carbocycles. The topological polar surface area (TPSA) is 50.4 Å². The Balaban J connectivity index is 1.92. The number of carbonyl (C=O) groups is 1. The number of methoxy groups -OCH3 is 1. The first kappa shape index (κ1) is 14.0. The summed E-state index contributed by atoms with van der Waals surface area (Å²) >= 11 is 0. The van der Waals surface area contributed by atoms with Gasteiger partial charge in [0.05, 0.1) is 18.2 Å². The number of amides is 1. The molecule has 5 heteroatoms. The Labute approximate surface area is 112 Å². The molecular weight excluding hydrogens is 247 g/mol. The maximum atomic E-state index is 13.1. The quantitative estimate of drug-likeness (QED) is 0.865. The van der Waals surface area contributed by atoms with Crippen LogP contribution in [0.15, 0.2) is 24.3 Å². The normalized spacial score (nSPS) is 24.2. The van der Waals surface area contributed by atoms with Gasteiger partial charge < -0.3 is 15.4 Å². The van der Waals surface area contributed by atoms with E-state index in [1.807, 2.05) is 6.92 Å². The Morgan fingerprint density at radius 2 is 2.37 bits per heavy atom. The van der Waals surface area contributed by atoms with Crippen LogP contribution in [0, 0.1) is 5.82 Å². The molecule has 1 fully saturated rings. The van der Waals surface area contributed by atoms with E-state index in [9.17, 15) is 9.18 Å². The van der Waals surface area contributed by atoms with Gasteiger partial charge in [0.25, 0.3) is 0 Å². The van der Waals surface area contributed by atoms with Gasteiger partial charge in [0.2, 0.25) is 5.91 Å². The predicted molar refractivity (Wildman–Crippen MR) is 70.2 cm³/mol. The fourth-order valence-corrected chi connectivity index (χ4v) is 2.26. The maximum Gasteiger partial charge on any atom is 0.237 e. The summed E-state index contributed by atoms with van der Waals surface area (Å²) in [5.41, 5.74) is 0.759. The number of nitrogens with one attached hydrogen (secondary N) is 2. The van der Waals surface area contributed by atoms with E-state index in [-0.39, 0.29) is 29.9 Å². The zero-order valence-corrected chi connectivity index (χ0v) is 11.2. The summed E-state index contributed by atoms with van der Waals surface area (Å²) in [5.74, 6) is -0.367. The van der Waals surface area contributed by atoms with E-state index < -0.39 is 0 Å². The smallest absolute Gasteiger partial charge is 0.237 e. The average Bonchev–Trinajstić information content (AvgIpc) is 2.87. The predicted octanol–water partition coefficient (Wildman–Crippen LogP) is 1.38. The molecule has 0 spiro atoms. The lowest BCUT2D eigenvalue weighted by molar-refractivity contribution is -0.123. The molecule has 4 nitrogen and oxygen atoms in total. The van der Waals surface area contributed by atoms with Crippen LogP contribution < -0.4 is 10.6 Å². The van der Waals surface area contributed by atoms with Gasteiger partial charge in [-0.25, -0.2) is 4.39 Å². The van der Waals surface area contributed by atoms with Crippen molar-refractivity contribution in [1.82, 2.24) is 10.6 Å². The standard InChI is InChI=1S/C14H19FN2O2/c1-9(10-4-3-5-11(15)6-10)17-14(18)13-7-12(19-2)8-16-13/h3-6,9,12-13,16H,7-8H2,1-2H3,(H,17,18)/t9-,12?,13?/m0/s1. The molecule has 2 N–H and O–H groups in total. The van der Waals surface area contributed by atoms with E-state index >= 15 is 0 Å². The Bertz CT molecular complexity index is 453. The average molecular weight is 266 g/mol. The van der Waals surface area contributed by atoms with Crippen LogP contribution in [0.1, 0.15) is 24.9 Å². The maximum absolute atomic E-state index is 13.1. The van der Waals surface area contributed by atoms with E-state index in [1.165, 1.54) is 12.1 Å². The van der Waals surface area contributed by atoms with Gasteiger partial charge in [0.15, 0.2) is 0 Å². The van der Waals surface area contributed by atoms with Gasteiger partial charge >= 0.3 is 0 Å². The van der Waals surface area contributed by atoms with E-state index in [4.69, 9.17) is 4.74 Å². The van der Waals surface area contributed by atoms with Crippen molar-refractivity contribution in [3.63, 3.8) is 0 Å². The SMILES string of the molecule is COC1CNC(C(=O)N[C@@H](C)c2cccc(F)c2)C1. The molecule has 19 heavy (non-hydrogen) atoms. The van der Waals surface area contributed by atoms with Crippen molar-refractivity contribution >= 4 is 5.91 Å². The van der Waals surface area contributed by atoms with E-state index in [1.54, 1.807) is 19.2 Å². The van der Waals surface area contributed by atoms with Crippen molar-refractivity contribution in [2.24, 2.45) is 0 Å². The lowest BCUT2D eigenvalue weighted by Gasteiger charge is -2.17. The lowest BCUT2D eigenvalue weighted by atomic mass is 10.1. The first-order chi connectivity index (χ1) is 9.10. The molecule has 0 bridgehead atoms. The van der Waals surface area contributed by atoms with Gasteiger partial charge in [0, 0.05) is 13.7 Å². The van der Waals surface area contributed by atoms with Crippen molar-refractivity contribution < 1.29 is 13.9 Å². The number of carbonyl (C=O) groups excluding carboxylic acids is 1. The Morgan fingerprint density at radius 1 is 1.58 bits per heavy atom. The Kier molecular flexibility index (Phi) is 4.50. The molecule has 3 atom stereocenters. The molecule has 0 radical (unpaired) electrons. The number of ether oxygens (including phenoxy) is 1. The molecule has 1 amide bonds. The number of hydrogen-bond acceptors (Lipinski definition) is 3. The van der Waals surface area contributed by atoms with E-state index in [0.717, 1.165) is 5.56 Å². The van der Waals surface area contributed by atoms with Crippen LogP contribution in [0.5, 0.6) is 0 Å². The minimum absolute atomic E-state index is 0.0729. The second-order valence-corrected chi connectivity index (χ2v) is 4.84. The number of hydrogen-bond donors (Lipinski definition) is 2. The Hall–Kier alpha value is -1.46. The highest BCUT2D eigenvalue weighted by Gasteiger charge is 2.29. The summed E-state index contributed by atoms with van der Waals surface area (Å²) in [4.78, 5) is 12.1. The van der Waals surface area contributed by atoms with E-state index in [2.05, 4.69) is 10.6 Å². The van der Waals surface area contributed by atoms with Crippen LogP contribution in [-0.2, 0) is 9.53 Å². The summed E-state index contributed by atoms with van der Waals surface area (Å²) < 4.78 is 18.3. The van der Waals surface area contributed by atoms with Crippen molar-refractivity contribution in [1.29, 1.82) is 0 Å². The van der Waals surface area contributed by atoms with Gasteiger partial charge in [-0.1, -0.05) is 12.1 Å². The van der Waals surface area contributed by atoms with Crippen LogP contribution in [0.25, 0.3) is 0 Å². The zero-order valence-electron chi connectivity index (χ0n) is 11.2. The van der Waals surface area contributed by atoms with Gasteiger partial charge in [-0.05, 0) is 31.0 Å². The molecule has 2 rings (SSSR count). The molecule has 1 aromatic rings. The summed E-state index contributed by atoms with van der Waals surface area (Å²) in [6.07, 6.45) is 0.748. The molecule has 1 heterocycles. The summed E-state index contributed by atoms with van der Waals surface area (Å²) in [7, 11) is 1.64. The minimum atomic E-state index is -0.294. The third-order valence-corrected chi connectivity index (χ3v) is 3.45. The van der Waals surface area contributed by atoms with Crippen LogP contribution in [-0.4, -0.2) is 31.7 Å². The monoisotopic (exact) mass is 266 g/mol. The molecule has 1 aromatic carbocycles. The summed E-state index contributed by atoms with van der Waals surface area (Å²) in [5, 5.41) is 6.00. The van der Waals surface area contributed by atoms with Gasteiger partial charge in [-0.2, -0.15) is 0 Å². The highest BCUT2D eigenvalue weighted by Crippen LogP contribution is 2.15. The van der Waals surface area contributed by atoms with Crippen molar-refractivity contribution in [3.05, 3.63) is 35.6 Å². The van der Waals surface area contributed by atoms with Gasteiger partial charge in [-0.3, -0.25) is 4.79 Å².